The van der Waals surface area contributed by atoms with Gasteiger partial charge in [0.2, 0.25) is 0 Å². The monoisotopic (exact) mass is 418 g/mol. The Kier molecular flexibility index (Phi) is 6.90. The third-order valence-electron chi connectivity index (χ3n) is 5.86. The molecule has 2 atom stereocenters. The van der Waals surface area contributed by atoms with E-state index in [-0.39, 0.29) is 6.10 Å². The summed E-state index contributed by atoms with van der Waals surface area (Å²) in [5, 5.41) is 11.1. The van der Waals surface area contributed by atoms with Crippen molar-refractivity contribution in [1.29, 1.82) is 0 Å². The van der Waals surface area contributed by atoms with Gasteiger partial charge in [0.05, 0.1) is 13.2 Å². The van der Waals surface area contributed by atoms with Crippen LogP contribution in [0.3, 0.4) is 0 Å². The summed E-state index contributed by atoms with van der Waals surface area (Å²) >= 11 is 0. The van der Waals surface area contributed by atoms with E-state index in [9.17, 15) is 5.11 Å². The summed E-state index contributed by atoms with van der Waals surface area (Å²) in [6.07, 6.45) is 3.77. The predicted octanol–water partition coefficient (Wildman–Crippen LogP) is 5.84. The average Bonchev–Trinajstić information content (AvgIpc) is 2.83. The molecular formula is C27H30O4. The van der Waals surface area contributed by atoms with Gasteiger partial charge in [-0.15, -0.1) is 0 Å². The predicted molar refractivity (Wildman–Crippen MR) is 121 cm³/mol. The van der Waals surface area contributed by atoms with Crippen LogP contribution in [0.2, 0.25) is 0 Å². The molecule has 4 rings (SSSR count). The van der Waals surface area contributed by atoms with Gasteiger partial charge in [-0.25, -0.2) is 0 Å². The van der Waals surface area contributed by atoms with Crippen LogP contribution in [0.5, 0.6) is 11.5 Å². The highest BCUT2D eigenvalue weighted by Crippen LogP contribution is 2.38. The van der Waals surface area contributed by atoms with Crippen LogP contribution in [0, 0.1) is 0 Å². The van der Waals surface area contributed by atoms with Crippen molar-refractivity contribution in [3.8, 4) is 11.5 Å². The Morgan fingerprint density at radius 2 is 1.61 bits per heavy atom. The molecule has 0 radical (unpaired) electrons. The average molecular weight is 419 g/mol. The number of aliphatic hydroxyl groups is 1. The first-order valence-electron chi connectivity index (χ1n) is 10.9. The maximum atomic E-state index is 11.1. The highest BCUT2D eigenvalue weighted by molar-refractivity contribution is 5.29. The molecule has 3 aromatic carbocycles. The Labute approximate surface area is 184 Å². The summed E-state index contributed by atoms with van der Waals surface area (Å²) in [5.41, 5.74) is 3.39. The standard InChI is InChI=1S/C27H30O4/c1-29-24-15-11-23(12-16-24)26-8-5-18-27(28,31-26)19-17-21-9-13-25(14-10-21)30-20-22-6-3-2-4-7-22/h2-4,6-7,9-16,26,28H,5,8,17-20H2,1H3/t26-,27?/m0/s1. The van der Waals surface area contributed by atoms with E-state index in [1.54, 1.807) is 7.11 Å². The van der Waals surface area contributed by atoms with Crippen LogP contribution in [0.25, 0.3) is 0 Å². The lowest BCUT2D eigenvalue weighted by Gasteiger charge is -2.37. The first-order chi connectivity index (χ1) is 15.1. The summed E-state index contributed by atoms with van der Waals surface area (Å²) in [7, 11) is 1.66. The summed E-state index contributed by atoms with van der Waals surface area (Å²) in [6.45, 7) is 0.556. The zero-order valence-corrected chi connectivity index (χ0v) is 18.0. The Morgan fingerprint density at radius 3 is 2.32 bits per heavy atom. The van der Waals surface area contributed by atoms with E-state index in [1.165, 1.54) is 0 Å². The molecule has 0 amide bonds. The number of rotatable bonds is 8. The molecule has 1 unspecified atom stereocenters. The van der Waals surface area contributed by atoms with Crippen molar-refractivity contribution < 1.29 is 19.3 Å². The maximum absolute atomic E-state index is 11.1. The van der Waals surface area contributed by atoms with E-state index in [0.717, 1.165) is 47.5 Å². The second kappa shape index (κ2) is 9.99. The van der Waals surface area contributed by atoms with Crippen molar-refractivity contribution in [2.75, 3.05) is 7.11 Å². The van der Waals surface area contributed by atoms with Crippen molar-refractivity contribution in [3.05, 3.63) is 95.6 Å². The van der Waals surface area contributed by atoms with Gasteiger partial charge in [0, 0.05) is 12.8 Å². The molecule has 1 N–H and O–H groups in total. The van der Waals surface area contributed by atoms with Gasteiger partial charge in [0.25, 0.3) is 0 Å². The third-order valence-corrected chi connectivity index (χ3v) is 5.86. The smallest absolute Gasteiger partial charge is 0.166 e. The molecule has 3 aromatic rings. The molecule has 31 heavy (non-hydrogen) atoms. The summed E-state index contributed by atoms with van der Waals surface area (Å²) < 4.78 is 17.2. The highest BCUT2D eigenvalue weighted by atomic mass is 16.6. The normalized spacial score (nSPS) is 20.9. The molecule has 1 fully saturated rings. The number of methoxy groups -OCH3 is 1. The van der Waals surface area contributed by atoms with Gasteiger partial charge in [-0.05, 0) is 60.2 Å². The number of hydrogen-bond donors (Lipinski definition) is 1. The fraction of sp³-hybridized carbons (Fsp3) is 0.333. The number of aryl methyl sites for hydroxylation is 1. The number of hydrogen-bond acceptors (Lipinski definition) is 4. The topological polar surface area (TPSA) is 47.9 Å². The Hall–Kier alpha value is -2.82. The van der Waals surface area contributed by atoms with Gasteiger partial charge in [0.15, 0.2) is 5.79 Å². The SMILES string of the molecule is COc1ccc([C@@H]2CCCC(O)(CCc3ccc(OCc4ccccc4)cc3)O2)cc1. The molecule has 0 aromatic heterocycles. The van der Waals surface area contributed by atoms with E-state index in [2.05, 4.69) is 24.3 Å². The van der Waals surface area contributed by atoms with E-state index in [0.29, 0.717) is 19.4 Å². The maximum Gasteiger partial charge on any atom is 0.166 e. The van der Waals surface area contributed by atoms with E-state index >= 15 is 0 Å². The minimum absolute atomic E-state index is 0.0848. The largest absolute Gasteiger partial charge is 0.497 e. The second-order valence-corrected chi connectivity index (χ2v) is 8.14. The second-order valence-electron chi connectivity index (χ2n) is 8.14. The van der Waals surface area contributed by atoms with Crippen LogP contribution in [-0.4, -0.2) is 18.0 Å². The fourth-order valence-electron chi connectivity index (χ4n) is 4.02. The highest BCUT2D eigenvalue weighted by Gasteiger charge is 2.35. The van der Waals surface area contributed by atoms with Crippen molar-refractivity contribution in [3.63, 3.8) is 0 Å². The molecule has 1 heterocycles. The van der Waals surface area contributed by atoms with Crippen LogP contribution in [0.1, 0.15) is 48.5 Å². The Morgan fingerprint density at radius 1 is 0.903 bits per heavy atom. The lowest BCUT2D eigenvalue weighted by atomic mass is 9.93. The van der Waals surface area contributed by atoms with Gasteiger partial charge >= 0.3 is 0 Å². The van der Waals surface area contributed by atoms with Crippen LogP contribution >= 0.6 is 0 Å². The molecule has 0 aliphatic carbocycles. The van der Waals surface area contributed by atoms with E-state index in [1.807, 2.05) is 54.6 Å². The molecular weight excluding hydrogens is 388 g/mol. The minimum Gasteiger partial charge on any atom is -0.497 e. The third kappa shape index (κ3) is 5.87. The van der Waals surface area contributed by atoms with Crippen LogP contribution < -0.4 is 9.47 Å². The minimum atomic E-state index is -1.09. The molecule has 0 spiro atoms. The van der Waals surface area contributed by atoms with Crippen LogP contribution in [-0.2, 0) is 17.8 Å². The quantitative estimate of drug-likeness (QED) is 0.499. The van der Waals surface area contributed by atoms with Gasteiger partial charge < -0.3 is 19.3 Å². The summed E-state index contributed by atoms with van der Waals surface area (Å²) in [4.78, 5) is 0. The Bertz CT molecular complexity index is 937. The molecule has 1 aliphatic heterocycles. The lowest BCUT2D eigenvalue weighted by Crippen LogP contribution is -2.37. The van der Waals surface area contributed by atoms with Crippen LogP contribution in [0.4, 0.5) is 0 Å². The molecule has 4 heteroatoms. The van der Waals surface area contributed by atoms with Gasteiger partial charge in [-0.1, -0.05) is 54.6 Å². The molecule has 0 saturated carbocycles. The zero-order chi connectivity index (χ0) is 21.5. The first-order valence-corrected chi connectivity index (χ1v) is 10.9. The van der Waals surface area contributed by atoms with Crippen molar-refractivity contribution in [1.82, 2.24) is 0 Å². The first kappa shape index (κ1) is 21.4. The van der Waals surface area contributed by atoms with E-state index < -0.39 is 5.79 Å². The van der Waals surface area contributed by atoms with Crippen molar-refractivity contribution >= 4 is 0 Å². The molecule has 162 valence electrons. The van der Waals surface area contributed by atoms with Crippen molar-refractivity contribution in [2.24, 2.45) is 0 Å². The number of ether oxygens (including phenoxy) is 3. The number of benzene rings is 3. The molecule has 1 aliphatic rings. The Balaban J connectivity index is 1.30. The van der Waals surface area contributed by atoms with Gasteiger partial charge in [-0.2, -0.15) is 0 Å². The summed E-state index contributed by atoms with van der Waals surface area (Å²) in [6, 6.07) is 26.2. The molecule has 0 bridgehead atoms. The van der Waals surface area contributed by atoms with Crippen LogP contribution in [0.15, 0.2) is 78.9 Å². The molecule has 4 nitrogen and oxygen atoms in total. The van der Waals surface area contributed by atoms with Gasteiger partial charge in [-0.3, -0.25) is 0 Å². The lowest BCUT2D eigenvalue weighted by molar-refractivity contribution is -0.259. The molecule has 1 saturated heterocycles. The van der Waals surface area contributed by atoms with Crippen molar-refractivity contribution in [2.45, 2.75) is 50.6 Å². The zero-order valence-electron chi connectivity index (χ0n) is 18.0. The van der Waals surface area contributed by atoms with E-state index in [4.69, 9.17) is 14.2 Å². The fourth-order valence-corrected chi connectivity index (χ4v) is 4.02. The van der Waals surface area contributed by atoms with Gasteiger partial charge in [0.1, 0.15) is 18.1 Å². The summed E-state index contributed by atoms with van der Waals surface area (Å²) in [5.74, 6) is 0.580.